The van der Waals surface area contributed by atoms with Gasteiger partial charge in [0.15, 0.2) is 0 Å². The highest BCUT2D eigenvalue weighted by Crippen LogP contribution is 2.33. The first-order valence-electron chi connectivity index (χ1n) is 5.80. The summed E-state index contributed by atoms with van der Waals surface area (Å²) in [7, 11) is 5.38. The molecule has 3 heteroatoms. The van der Waals surface area contributed by atoms with Gasteiger partial charge in [-0.25, -0.2) is 0 Å². The van der Waals surface area contributed by atoms with E-state index in [4.69, 9.17) is 4.74 Å². The van der Waals surface area contributed by atoms with Gasteiger partial charge in [0.2, 0.25) is 0 Å². The summed E-state index contributed by atoms with van der Waals surface area (Å²) in [5.74, 6) is 0.868. The first kappa shape index (κ1) is 14.0. The minimum atomic E-state index is -0.581. The average molecular weight is 237 g/mol. The summed E-state index contributed by atoms with van der Waals surface area (Å²) in [4.78, 5) is 1.77. The van der Waals surface area contributed by atoms with Gasteiger partial charge in [-0.3, -0.25) is 4.90 Å². The molecule has 0 saturated heterocycles. The molecular weight excluding hydrogens is 214 g/mol. The zero-order chi connectivity index (χ0) is 13.2. The van der Waals surface area contributed by atoms with Crippen molar-refractivity contribution in [2.75, 3.05) is 21.2 Å². The number of aliphatic hydroxyl groups is 1. The van der Waals surface area contributed by atoms with Gasteiger partial charge < -0.3 is 9.84 Å². The largest absolute Gasteiger partial charge is 0.496 e. The van der Waals surface area contributed by atoms with Crippen molar-refractivity contribution in [2.24, 2.45) is 0 Å². The van der Waals surface area contributed by atoms with Crippen LogP contribution in [-0.2, 0) is 5.41 Å². The highest BCUT2D eigenvalue weighted by molar-refractivity contribution is 5.42. The van der Waals surface area contributed by atoms with E-state index in [2.05, 4.69) is 20.8 Å². The third kappa shape index (κ3) is 3.20. The second kappa shape index (κ2) is 5.07. The van der Waals surface area contributed by atoms with Gasteiger partial charge in [0, 0.05) is 0 Å². The Morgan fingerprint density at radius 1 is 1.24 bits per heavy atom. The molecule has 1 N–H and O–H groups in total. The van der Waals surface area contributed by atoms with E-state index in [-0.39, 0.29) is 5.41 Å². The summed E-state index contributed by atoms with van der Waals surface area (Å²) < 4.78 is 5.37. The predicted molar refractivity (Wildman–Crippen MR) is 70.3 cm³/mol. The van der Waals surface area contributed by atoms with Crippen molar-refractivity contribution in [3.8, 4) is 5.75 Å². The Labute approximate surface area is 104 Å². The fourth-order valence-electron chi connectivity index (χ4n) is 1.77. The van der Waals surface area contributed by atoms with Gasteiger partial charge in [-0.05, 0) is 42.8 Å². The number of rotatable bonds is 3. The van der Waals surface area contributed by atoms with Crippen molar-refractivity contribution in [3.63, 3.8) is 0 Å². The molecule has 96 valence electrons. The molecule has 0 aliphatic carbocycles. The summed E-state index contributed by atoms with van der Waals surface area (Å²) >= 11 is 0. The first-order valence-corrected chi connectivity index (χ1v) is 5.80. The van der Waals surface area contributed by atoms with Crippen LogP contribution in [0.1, 0.15) is 38.1 Å². The molecule has 1 aromatic rings. The monoisotopic (exact) mass is 237 g/mol. The molecule has 0 saturated carbocycles. The van der Waals surface area contributed by atoms with Crippen LogP contribution < -0.4 is 4.74 Å². The second-order valence-corrected chi connectivity index (χ2v) is 5.55. The van der Waals surface area contributed by atoms with Crippen LogP contribution in [0.3, 0.4) is 0 Å². The van der Waals surface area contributed by atoms with E-state index in [1.165, 1.54) is 0 Å². The number of methoxy groups -OCH3 is 1. The zero-order valence-electron chi connectivity index (χ0n) is 11.6. The van der Waals surface area contributed by atoms with Gasteiger partial charge in [-0.1, -0.05) is 26.8 Å². The minimum absolute atomic E-state index is 0.00656. The Morgan fingerprint density at radius 2 is 1.82 bits per heavy atom. The van der Waals surface area contributed by atoms with Crippen molar-refractivity contribution in [1.82, 2.24) is 4.90 Å². The van der Waals surface area contributed by atoms with Gasteiger partial charge in [-0.15, -0.1) is 0 Å². The van der Waals surface area contributed by atoms with Crippen LogP contribution in [0.5, 0.6) is 5.75 Å². The van der Waals surface area contributed by atoms with Crippen LogP contribution in [0.15, 0.2) is 18.2 Å². The highest BCUT2D eigenvalue weighted by Gasteiger charge is 2.21. The number of hydrogen-bond donors (Lipinski definition) is 1. The molecule has 0 amide bonds. The maximum absolute atomic E-state index is 10.0. The normalized spacial score (nSPS) is 13.9. The lowest BCUT2D eigenvalue weighted by Gasteiger charge is -2.25. The molecule has 1 aromatic carbocycles. The topological polar surface area (TPSA) is 32.7 Å². The molecule has 3 nitrogen and oxygen atoms in total. The molecule has 0 aliphatic rings. The quantitative estimate of drug-likeness (QED) is 0.820. The maximum Gasteiger partial charge on any atom is 0.133 e. The predicted octanol–water partition coefficient (Wildman–Crippen LogP) is 2.55. The molecule has 0 radical (unpaired) electrons. The fraction of sp³-hybridized carbons (Fsp3) is 0.571. The fourth-order valence-corrected chi connectivity index (χ4v) is 1.77. The molecule has 1 rings (SSSR count). The molecule has 0 bridgehead atoms. The van der Waals surface area contributed by atoms with Gasteiger partial charge in [0.05, 0.1) is 7.11 Å². The van der Waals surface area contributed by atoms with Crippen LogP contribution in [-0.4, -0.2) is 31.2 Å². The molecule has 0 aromatic heterocycles. The third-order valence-corrected chi connectivity index (χ3v) is 2.82. The van der Waals surface area contributed by atoms with Gasteiger partial charge in [-0.2, -0.15) is 0 Å². The number of aliphatic hydroxyl groups excluding tert-OH is 1. The minimum Gasteiger partial charge on any atom is -0.496 e. The number of ether oxygens (including phenoxy) is 1. The Morgan fingerprint density at radius 3 is 2.24 bits per heavy atom. The lowest BCUT2D eigenvalue weighted by Crippen LogP contribution is -2.20. The van der Waals surface area contributed by atoms with E-state index in [0.717, 1.165) is 16.9 Å². The second-order valence-electron chi connectivity index (χ2n) is 5.55. The molecule has 0 fully saturated rings. The highest BCUT2D eigenvalue weighted by atomic mass is 16.5. The summed E-state index contributed by atoms with van der Waals surface area (Å²) in [6, 6.07) is 5.84. The maximum atomic E-state index is 10.0. The number of benzene rings is 1. The molecule has 1 unspecified atom stereocenters. The van der Waals surface area contributed by atoms with Crippen LogP contribution in [0.2, 0.25) is 0 Å². The Hall–Kier alpha value is -1.06. The molecule has 17 heavy (non-hydrogen) atoms. The van der Waals surface area contributed by atoms with Crippen molar-refractivity contribution < 1.29 is 9.84 Å². The molecule has 0 aliphatic heterocycles. The summed E-state index contributed by atoms with van der Waals surface area (Å²) in [5.41, 5.74) is 1.99. The molecule has 1 atom stereocenters. The first-order chi connectivity index (χ1) is 7.77. The average Bonchev–Trinajstić information content (AvgIpc) is 2.25. The lowest BCUT2D eigenvalue weighted by molar-refractivity contribution is 0.0394. The number of nitrogens with zero attached hydrogens (tertiary/aromatic N) is 1. The Bertz CT molecular complexity index is 380. The van der Waals surface area contributed by atoms with Crippen LogP contribution in [0.25, 0.3) is 0 Å². The number of hydrogen-bond acceptors (Lipinski definition) is 3. The van der Waals surface area contributed by atoms with Crippen molar-refractivity contribution in [3.05, 3.63) is 29.3 Å². The van der Waals surface area contributed by atoms with Crippen LogP contribution in [0.4, 0.5) is 0 Å². The smallest absolute Gasteiger partial charge is 0.133 e. The van der Waals surface area contributed by atoms with E-state index in [1.54, 1.807) is 12.0 Å². The Kier molecular flexibility index (Phi) is 4.17. The van der Waals surface area contributed by atoms with Gasteiger partial charge >= 0.3 is 0 Å². The summed E-state index contributed by atoms with van der Waals surface area (Å²) in [6.07, 6.45) is -0.581. The van der Waals surface area contributed by atoms with Crippen molar-refractivity contribution >= 4 is 0 Å². The molecule has 0 heterocycles. The van der Waals surface area contributed by atoms with Gasteiger partial charge in [0.25, 0.3) is 0 Å². The van der Waals surface area contributed by atoms with E-state index in [9.17, 15) is 5.11 Å². The molecule has 0 spiro atoms. The van der Waals surface area contributed by atoms with E-state index < -0.39 is 6.23 Å². The zero-order valence-corrected chi connectivity index (χ0v) is 11.6. The van der Waals surface area contributed by atoms with Crippen LogP contribution >= 0.6 is 0 Å². The summed E-state index contributed by atoms with van der Waals surface area (Å²) in [5, 5.41) is 10.0. The van der Waals surface area contributed by atoms with Crippen molar-refractivity contribution in [1.29, 1.82) is 0 Å². The van der Waals surface area contributed by atoms with Crippen molar-refractivity contribution in [2.45, 2.75) is 32.4 Å². The third-order valence-electron chi connectivity index (χ3n) is 2.82. The Balaban J connectivity index is 3.23. The van der Waals surface area contributed by atoms with E-state index in [1.807, 2.05) is 32.3 Å². The van der Waals surface area contributed by atoms with Gasteiger partial charge in [0.1, 0.15) is 12.0 Å². The van der Waals surface area contributed by atoms with E-state index in [0.29, 0.717) is 0 Å². The molecular formula is C14H23NO2. The van der Waals surface area contributed by atoms with Crippen LogP contribution in [0, 0.1) is 0 Å². The van der Waals surface area contributed by atoms with E-state index >= 15 is 0 Å². The summed E-state index contributed by atoms with van der Waals surface area (Å²) in [6.45, 7) is 6.41. The lowest BCUT2D eigenvalue weighted by atomic mass is 9.85. The standard InChI is InChI=1S/C14H23NO2/c1-14(2,3)11-9-10(13(16)15(4)5)7-8-12(11)17-6/h7-9,13,16H,1-6H3. The SMILES string of the molecule is COc1ccc(C(O)N(C)C)cc1C(C)(C)C.